The highest BCUT2D eigenvalue weighted by atomic mass is 127. The van der Waals surface area contributed by atoms with Gasteiger partial charge in [-0.3, -0.25) is 4.72 Å². The minimum Gasteiger partial charge on any atom is -0.259 e. The van der Waals surface area contributed by atoms with Gasteiger partial charge in [-0.15, -0.1) is 24.4 Å². The van der Waals surface area contributed by atoms with Crippen molar-refractivity contribution in [2.24, 2.45) is 0 Å². The van der Waals surface area contributed by atoms with Crippen molar-refractivity contribution in [2.45, 2.75) is 19.6 Å². The molecule has 106 valence electrons. The van der Waals surface area contributed by atoms with Gasteiger partial charge in [0.15, 0.2) is 0 Å². The molecule has 0 aliphatic rings. The van der Waals surface area contributed by atoms with Gasteiger partial charge in [-0.05, 0) is 36.2 Å². The number of thiol groups is 1. The van der Waals surface area contributed by atoms with Gasteiger partial charge in [0.2, 0.25) is 0 Å². The number of thioether (sulfide) groups is 1. The molecule has 0 aliphatic carbocycles. The Morgan fingerprint density at radius 1 is 0.950 bits per heavy atom. The second kappa shape index (κ2) is 9.53. The molecule has 0 atom stereocenters. The molecule has 0 heterocycles. The molecule has 2 rings (SSSR count). The summed E-state index contributed by atoms with van der Waals surface area (Å²) in [6.45, 7) is 0.956. The predicted octanol–water partition coefficient (Wildman–Crippen LogP) is 5.81. The lowest BCUT2D eigenvalue weighted by Gasteiger charge is -2.08. The van der Waals surface area contributed by atoms with Crippen molar-refractivity contribution in [1.82, 2.24) is 4.72 Å². The number of hydrogen-bond donors (Lipinski definition) is 2. The van der Waals surface area contributed by atoms with Gasteiger partial charge in [0, 0.05) is 53.1 Å². The van der Waals surface area contributed by atoms with Crippen molar-refractivity contribution in [1.29, 1.82) is 0 Å². The van der Waals surface area contributed by atoms with E-state index in [1.165, 1.54) is 14.7 Å². The second-order valence-corrected chi connectivity index (χ2v) is 8.30. The summed E-state index contributed by atoms with van der Waals surface area (Å²) in [6, 6.07) is 16.7. The molecule has 0 radical (unpaired) electrons. The minimum atomic E-state index is 0.956. The number of nitrogens with one attached hydrogen (secondary N) is 1. The van der Waals surface area contributed by atoms with Crippen LogP contribution in [0.25, 0.3) is 0 Å². The van der Waals surface area contributed by atoms with Crippen LogP contribution in [0.4, 0.5) is 0 Å². The first-order valence-corrected chi connectivity index (χ1v) is 11.6. The van der Waals surface area contributed by atoms with Crippen LogP contribution in [0.5, 0.6) is 0 Å². The van der Waals surface area contributed by atoms with Crippen LogP contribution in [0, 0.1) is 0 Å². The highest BCUT2D eigenvalue weighted by Gasteiger charge is 2.02. The van der Waals surface area contributed by atoms with Crippen molar-refractivity contribution in [2.75, 3.05) is 12.3 Å². The second-order valence-electron chi connectivity index (χ2n) is 3.84. The first-order chi connectivity index (χ1) is 9.81. The molecule has 0 spiro atoms. The summed E-state index contributed by atoms with van der Waals surface area (Å²) in [4.78, 5) is 4.88. The average Bonchev–Trinajstić information content (AvgIpc) is 2.49. The van der Waals surface area contributed by atoms with Crippen LogP contribution < -0.4 is 4.72 Å². The summed E-state index contributed by atoms with van der Waals surface area (Å²) in [5, 5.41) is 0. The number of benzene rings is 2. The van der Waals surface area contributed by atoms with Gasteiger partial charge in [-0.1, -0.05) is 33.2 Å². The topological polar surface area (TPSA) is 12.0 Å². The number of rotatable bonds is 7. The van der Waals surface area contributed by atoms with Crippen molar-refractivity contribution in [3.8, 4) is 0 Å². The fourth-order valence-corrected chi connectivity index (χ4v) is 5.61. The van der Waals surface area contributed by atoms with Gasteiger partial charge in [-0.25, -0.2) is 0 Å². The zero-order chi connectivity index (χ0) is 14.2. The maximum Gasteiger partial charge on any atom is 0.0372 e. The quantitative estimate of drug-likeness (QED) is 0.181. The van der Waals surface area contributed by atoms with Crippen LogP contribution in [0.2, 0.25) is 0 Å². The smallest absolute Gasteiger partial charge is 0.0372 e. The van der Waals surface area contributed by atoms with Crippen LogP contribution in [0.15, 0.2) is 68.1 Å². The lowest BCUT2D eigenvalue weighted by Crippen LogP contribution is -2.07. The average molecular weight is 451 g/mol. The molecule has 0 aromatic heterocycles. The first-order valence-electron chi connectivity index (χ1n) is 5.99. The Hall–Kier alpha value is 0.530. The number of hydrogen-bond acceptors (Lipinski definition) is 5. The van der Waals surface area contributed by atoms with Crippen molar-refractivity contribution >= 4 is 66.5 Å². The van der Waals surface area contributed by atoms with Crippen molar-refractivity contribution in [3.63, 3.8) is 0 Å². The first kappa shape index (κ1) is 16.9. The van der Waals surface area contributed by atoms with Gasteiger partial charge in [-0.2, -0.15) is 0 Å². The molecule has 2 aromatic rings. The molecular formula is C14H14INS4. The SMILES string of the molecule is Sc1ccccc1SCCNSc1ccccc1SI. The van der Waals surface area contributed by atoms with E-state index in [1.807, 2.05) is 23.9 Å². The molecule has 1 nitrogen and oxygen atoms in total. The zero-order valence-corrected chi connectivity index (χ0v) is 16.1. The standard InChI is InChI=1S/C14H14INS4/c15-19-13-7-3-4-8-14(13)20-16-9-10-18-12-6-2-1-5-11(12)17/h1-8,16-17H,9-10H2. The normalized spacial score (nSPS) is 10.7. The molecule has 0 saturated carbocycles. The molecule has 0 amide bonds. The highest BCUT2D eigenvalue weighted by Crippen LogP contribution is 2.33. The summed E-state index contributed by atoms with van der Waals surface area (Å²) < 4.78 is 3.42. The largest absolute Gasteiger partial charge is 0.259 e. The Labute approximate surface area is 150 Å². The third-order valence-electron chi connectivity index (χ3n) is 2.44. The van der Waals surface area contributed by atoms with Crippen LogP contribution in [-0.2, 0) is 0 Å². The molecular weight excluding hydrogens is 437 g/mol. The van der Waals surface area contributed by atoms with Crippen LogP contribution >= 0.6 is 66.5 Å². The predicted molar refractivity (Wildman–Crippen MR) is 105 cm³/mol. The highest BCUT2D eigenvalue weighted by molar-refractivity contribution is 14.2. The van der Waals surface area contributed by atoms with Crippen molar-refractivity contribution < 1.29 is 0 Å². The Balaban J connectivity index is 1.73. The van der Waals surface area contributed by atoms with Crippen LogP contribution in [-0.4, -0.2) is 12.3 Å². The van der Waals surface area contributed by atoms with E-state index in [0.29, 0.717) is 0 Å². The Morgan fingerprint density at radius 2 is 1.60 bits per heavy atom. The fourth-order valence-electron chi connectivity index (χ4n) is 1.51. The van der Waals surface area contributed by atoms with E-state index in [2.05, 4.69) is 75.0 Å². The lowest BCUT2D eigenvalue weighted by molar-refractivity contribution is 1.04. The molecule has 0 aliphatic heterocycles. The minimum absolute atomic E-state index is 0.956. The van der Waals surface area contributed by atoms with E-state index in [0.717, 1.165) is 17.2 Å². The van der Waals surface area contributed by atoms with Gasteiger partial charge >= 0.3 is 0 Å². The molecule has 0 saturated heterocycles. The molecule has 20 heavy (non-hydrogen) atoms. The summed E-state index contributed by atoms with van der Waals surface area (Å²) in [6.07, 6.45) is 0. The molecule has 0 unspecified atom stereocenters. The summed E-state index contributed by atoms with van der Waals surface area (Å²) in [5.41, 5.74) is 0. The molecule has 0 bridgehead atoms. The van der Waals surface area contributed by atoms with Gasteiger partial charge in [0.1, 0.15) is 0 Å². The summed E-state index contributed by atoms with van der Waals surface area (Å²) >= 11 is 10.3. The van der Waals surface area contributed by atoms with Gasteiger partial charge in [0.25, 0.3) is 0 Å². The molecule has 2 aromatic carbocycles. The Kier molecular flexibility index (Phi) is 8.05. The van der Waals surface area contributed by atoms with E-state index >= 15 is 0 Å². The summed E-state index contributed by atoms with van der Waals surface area (Å²) in [7, 11) is 1.75. The van der Waals surface area contributed by atoms with Crippen molar-refractivity contribution in [3.05, 3.63) is 48.5 Å². The van der Waals surface area contributed by atoms with Crippen LogP contribution in [0.1, 0.15) is 0 Å². The maximum absolute atomic E-state index is 4.46. The molecule has 0 fully saturated rings. The van der Waals surface area contributed by atoms with E-state index in [9.17, 15) is 0 Å². The zero-order valence-electron chi connectivity index (χ0n) is 10.6. The maximum atomic E-state index is 4.46. The lowest BCUT2D eigenvalue weighted by atomic mass is 10.4. The van der Waals surface area contributed by atoms with E-state index < -0.39 is 0 Å². The Bertz CT molecular complexity index is 550. The van der Waals surface area contributed by atoms with Gasteiger partial charge in [0.05, 0.1) is 0 Å². The van der Waals surface area contributed by atoms with E-state index in [4.69, 9.17) is 0 Å². The van der Waals surface area contributed by atoms with Gasteiger partial charge < -0.3 is 0 Å². The van der Waals surface area contributed by atoms with E-state index in [1.54, 1.807) is 20.9 Å². The molecule has 1 N–H and O–H groups in total. The summed E-state index contributed by atoms with van der Waals surface area (Å²) in [5.74, 6) is 1.03. The monoisotopic (exact) mass is 451 g/mol. The molecule has 6 heteroatoms. The number of halogens is 1. The Morgan fingerprint density at radius 3 is 2.30 bits per heavy atom. The third kappa shape index (κ3) is 5.38. The fraction of sp³-hybridized carbons (Fsp3) is 0.143. The third-order valence-corrected chi connectivity index (χ3v) is 7.06. The van der Waals surface area contributed by atoms with Crippen LogP contribution in [0.3, 0.4) is 0 Å². The van der Waals surface area contributed by atoms with E-state index in [-0.39, 0.29) is 0 Å².